The normalized spacial score (nSPS) is 18.6. The van der Waals surface area contributed by atoms with Crippen LogP contribution in [0.1, 0.15) is 24.1 Å². The molecule has 2 aromatic rings. The second-order valence-electron chi connectivity index (χ2n) is 5.64. The summed E-state index contributed by atoms with van der Waals surface area (Å²) in [6, 6.07) is 8.36. The van der Waals surface area contributed by atoms with Crippen molar-refractivity contribution in [2.45, 2.75) is 25.4 Å². The summed E-state index contributed by atoms with van der Waals surface area (Å²) in [5.41, 5.74) is 0.755. The molecule has 4 nitrogen and oxygen atoms in total. The molecule has 0 bridgehead atoms. The summed E-state index contributed by atoms with van der Waals surface area (Å²) in [7, 11) is 0. The van der Waals surface area contributed by atoms with E-state index < -0.39 is 0 Å². The van der Waals surface area contributed by atoms with Crippen LogP contribution < -0.4 is 10.6 Å². The Kier molecular flexibility index (Phi) is 2.97. The number of rotatable bonds is 0. The third kappa shape index (κ3) is 2.17. The van der Waals surface area contributed by atoms with Crippen LogP contribution >= 0.6 is 0 Å². The van der Waals surface area contributed by atoms with E-state index in [0.29, 0.717) is 17.3 Å². The van der Waals surface area contributed by atoms with Crippen molar-refractivity contribution in [3.63, 3.8) is 0 Å². The molecule has 0 N–H and O–H groups in total. The van der Waals surface area contributed by atoms with Crippen molar-refractivity contribution >= 4 is 5.82 Å². The molecule has 1 fully saturated rings. The summed E-state index contributed by atoms with van der Waals surface area (Å²) in [6.07, 6.45) is 2.27. The largest absolute Gasteiger partial charge is 0.353 e. The zero-order valence-corrected chi connectivity index (χ0v) is 11.9. The second-order valence-corrected chi connectivity index (χ2v) is 5.64. The van der Waals surface area contributed by atoms with E-state index in [9.17, 15) is 9.18 Å². The SMILES string of the molecule is O=c1nc(C#Cc2cccc(F)c2)cc2n1C[C@H]1CCCN21. The topological polar surface area (TPSA) is 38.1 Å². The van der Waals surface area contributed by atoms with Crippen LogP contribution in [0.5, 0.6) is 0 Å². The van der Waals surface area contributed by atoms with Crippen LogP contribution in [0.15, 0.2) is 35.1 Å². The van der Waals surface area contributed by atoms with Gasteiger partial charge in [0.1, 0.15) is 17.3 Å². The van der Waals surface area contributed by atoms with Gasteiger partial charge >= 0.3 is 5.69 Å². The third-order valence-corrected chi connectivity index (χ3v) is 4.21. The predicted octanol–water partition coefficient (Wildman–Crippen LogP) is 1.76. The molecule has 0 radical (unpaired) electrons. The fraction of sp³-hybridized carbons (Fsp3) is 0.294. The van der Waals surface area contributed by atoms with E-state index >= 15 is 0 Å². The molecule has 4 rings (SSSR count). The van der Waals surface area contributed by atoms with Crippen LogP contribution in [0.3, 0.4) is 0 Å². The van der Waals surface area contributed by atoms with Gasteiger partial charge in [-0.2, -0.15) is 4.98 Å². The van der Waals surface area contributed by atoms with Gasteiger partial charge < -0.3 is 4.90 Å². The Bertz CT molecular complexity index is 862. The number of hydrogen-bond acceptors (Lipinski definition) is 3. The Balaban J connectivity index is 1.72. The molecule has 1 aromatic heterocycles. The first-order valence-electron chi connectivity index (χ1n) is 7.37. The maximum absolute atomic E-state index is 13.1. The molecule has 2 aliphatic rings. The predicted molar refractivity (Wildman–Crippen MR) is 81.2 cm³/mol. The molecule has 110 valence electrons. The Morgan fingerprint density at radius 3 is 3.05 bits per heavy atom. The number of halogens is 1. The van der Waals surface area contributed by atoms with Crippen LogP contribution in [0.4, 0.5) is 10.2 Å². The fourth-order valence-electron chi connectivity index (χ4n) is 3.21. The first-order chi connectivity index (χ1) is 10.7. The summed E-state index contributed by atoms with van der Waals surface area (Å²) in [5, 5.41) is 0. The van der Waals surface area contributed by atoms with Gasteiger partial charge in [0, 0.05) is 30.8 Å². The van der Waals surface area contributed by atoms with Crippen LogP contribution in [0, 0.1) is 17.7 Å². The van der Waals surface area contributed by atoms with Crippen LogP contribution in [0.25, 0.3) is 0 Å². The average Bonchev–Trinajstić information content (AvgIpc) is 3.07. The second kappa shape index (κ2) is 4.99. The fourth-order valence-corrected chi connectivity index (χ4v) is 3.21. The number of hydrogen-bond donors (Lipinski definition) is 0. The minimum absolute atomic E-state index is 0.254. The lowest BCUT2D eigenvalue weighted by Gasteiger charge is -2.16. The van der Waals surface area contributed by atoms with Crippen molar-refractivity contribution in [2.75, 3.05) is 11.4 Å². The monoisotopic (exact) mass is 295 g/mol. The highest BCUT2D eigenvalue weighted by atomic mass is 19.1. The highest BCUT2D eigenvalue weighted by Gasteiger charge is 2.33. The van der Waals surface area contributed by atoms with Crippen molar-refractivity contribution in [2.24, 2.45) is 0 Å². The zero-order chi connectivity index (χ0) is 15.1. The van der Waals surface area contributed by atoms with Crippen molar-refractivity contribution in [3.05, 3.63) is 57.9 Å². The van der Waals surface area contributed by atoms with Crippen molar-refractivity contribution in [1.82, 2.24) is 9.55 Å². The van der Waals surface area contributed by atoms with Gasteiger partial charge in [-0.05, 0) is 37.0 Å². The molecular formula is C17H14FN3O. The molecule has 0 saturated carbocycles. The maximum Gasteiger partial charge on any atom is 0.350 e. The number of aromatic nitrogens is 2. The van der Waals surface area contributed by atoms with Gasteiger partial charge in [-0.1, -0.05) is 12.0 Å². The van der Waals surface area contributed by atoms with Gasteiger partial charge in [-0.3, -0.25) is 4.57 Å². The van der Waals surface area contributed by atoms with E-state index in [0.717, 1.165) is 31.7 Å². The van der Waals surface area contributed by atoms with Crippen molar-refractivity contribution in [3.8, 4) is 11.8 Å². The standard InChI is InChI=1S/C17H14FN3O/c18-13-4-1-3-12(9-13)6-7-14-10-16-20-8-2-5-15(20)11-21(16)17(22)19-14/h1,3-4,9-10,15H,2,5,8,11H2/t15-/m1/s1. The summed E-state index contributed by atoms with van der Waals surface area (Å²) in [4.78, 5) is 18.4. The quantitative estimate of drug-likeness (QED) is 0.695. The van der Waals surface area contributed by atoms with Crippen molar-refractivity contribution < 1.29 is 4.39 Å². The molecule has 0 spiro atoms. The van der Waals surface area contributed by atoms with Gasteiger partial charge in [-0.15, -0.1) is 0 Å². The molecule has 5 heteroatoms. The minimum Gasteiger partial charge on any atom is -0.353 e. The first kappa shape index (κ1) is 13.1. The summed E-state index contributed by atoms with van der Waals surface area (Å²) in [6.45, 7) is 1.70. The van der Waals surface area contributed by atoms with Gasteiger partial charge in [0.2, 0.25) is 0 Å². The molecule has 1 atom stereocenters. The van der Waals surface area contributed by atoms with Gasteiger partial charge in [0.25, 0.3) is 0 Å². The Morgan fingerprint density at radius 2 is 2.18 bits per heavy atom. The van der Waals surface area contributed by atoms with Gasteiger partial charge in [-0.25, -0.2) is 9.18 Å². The van der Waals surface area contributed by atoms with Crippen LogP contribution in [-0.4, -0.2) is 22.1 Å². The summed E-state index contributed by atoms with van der Waals surface area (Å²) < 4.78 is 14.9. The van der Waals surface area contributed by atoms with E-state index in [1.807, 2.05) is 6.07 Å². The molecule has 22 heavy (non-hydrogen) atoms. The smallest absolute Gasteiger partial charge is 0.350 e. The molecule has 3 heterocycles. The third-order valence-electron chi connectivity index (χ3n) is 4.21. The van der Waals surface area contributed by atoms with Gasteiger partial charge in [0.15, 0.2) is 0 Å². The first-order valence-corrected chi connectivity index (χ1v) is 7.37. The number of nitrogens with zero attached hydrogens (tertiary/aromatic N) is 3. The highest BCUT2D eigenvalue weighted by molar-refractivity contribution is 5.50. The summed E-state index contributed by atoms with van der Waals surface area (Å²) >= 11 is 0. The Hall–Kier alpha value is -2.61. The Labute approximate surface area is 127 Å². The van der Waals surface area contributed by atoms with Crippen LogP contribution in [-0.2, 0) is 6.54 Å². The number of anilines is 1. The average molecular weight is 295 g/mol. The molecule has 1 aromatic carbocycles. The lowest BCUT2D eigenvalue weighted by molar-refractivity contribution is 0.604. The van der Waals surface area contributed by atoms with Crippen molar-refractivity contribution in [1.29, 1.82) is 0 Å². The number of benzene rings is 1. The van der Waals surface area contributed by atoms with Crippen LogP contribution in [0.2, 0.25) is 0 Å². The van der Waals surface area contributed by atoms with E-state index in [4.69, 9.17) is 0 Å². The maximum atomic E-state index is 13.1. The molecule has 0 aliphatic carbocycles. The zero-order valence-electron chi connectivity index (χ0n) is 11.9. The van der Waals surface area contributed by atoms with E-state index in [1.54, 1.807) is 16.7 Å². The molecule has 1 saturated heterocycles. The Morgan fingerprint density at radius 1 is 1.27 bits per heavy atom. The minimum atomic E-state index is -0.325. The van der Waals surface area contributed by atoms with E-state index in [1.165, 1.54) is 12.1 Å². The molecule has 0 unspecified atom stereocenters. The molecule has 0 amide bonds. The van der Waals surface area contributed by atoms with E-state index in [-0.39, 0.29) is 11.5 Å². The lowest BCUT2D eigenvalue weighted by Crippen LogP contribution is -2.24. The summed E-state index contributed by atoms with van der Waals surface area (Å²) in [5.74, 6) is 6.31. The highest BCUT2D eigenvalue weighted by Crippen LogP contribution is 2.31. The molecule has 2 aliphatic heterocycles. The van der Waals surface area contributed by atoms with Gasteiger partial charge in [0.05, 0.1) is 0 Å². The number of fused-ring (bicyclic) bond motifs is 3. The molecular weight excluding hydrogens is 281 g/mol. The van der Waals surface area contributed by atoms with E-state index in [2.05, 4.69) is 21.7 Å². The lowest BCUT2D eigenvalue weighted by atomic mass is 10.2.